The molecular formula is C14H16O2SiTi. The van der Waals surface area contributed by atoms with Crippen molar-refractivity contribution >= 4 is 18.9 Å². The van der Waals surface area contributed by atoms with Crippen molar-refractivity contribution in [2.24, 2.45) is 0 Å². The fraction of sp³-hybridized carbons (Fsp3) is 0.143. The van der Waals surface area contributed by atoms with Crippen LogP contribution in [0.4, 0.5) is 0 Å². The molecule has 18 heavy (non-hydrogen) atoms. The molecule has 0 amide bonds. The first kappa shape index (κ1) is 15.3. The van der Waals surface area contributed by atoms with E-state index in [1.165, 1.54) is 0 Å². The SMILES string of the molecule is CO[Si](OC)(c1ccccc1)c1ccccc1.[Ti]. The third kappa shape index (κ3) is 2.82. The Balaban J connectivity index is 0.00000162. The van der Waals surface area contributed by atoms with Crippen molar-refractivity contribution in [1.82, 2.24) is 0 Å². The van der Waals surface area contributed by atoms with Crippen LogP contribution in [0.3, 0.4) is 0 Å². The van der Waals surface area contributed by atoms with Gasteiger partial charge in [-0.1, -0.05) is 60.7 Å². The molecule has 0 unspecified atom stereocenters. The monoisotopic (exact) mass is 292 g/mol. The molecule has 0 saturated heterocycles. The Kier molecular flexibility index (Phi) is 5.99. The van der Waals surface area contributed by atoms with Crippen LogP contribution in [0.5, 0.6) is 0 Å². The van der Waals surface area contributed by atoms with Crippen LogP contribution in [-0.2, 0) is 30.6 Å². The quantitative estimate of drug-likeness (QED) is 0.796. The van der Waals surface area contributed by atoms with E-state index in [4.69, 9.17) is 8.85 Å². The van der Waals surface area contributed by atoms with E-state index in [-0.39, 0.29) is 21.7 Å². The third-order valence-corrected chi connectivity index (χ3v) is 6.22. The van der Waals surface area contributed by atoms with Crippen molar-refractivity contribution in [3.8, 4) is 0 Å². The Morgan fingerprint density at radius 3 is 1.28 bits per heavy atom. The number of hydrogen-bond donors (Lipinski definition) is 0. The van der Waals surface area contributed by atoms with Gasteiger partial charge in [-0.3, -0.25) is 0 Å². The van der Waals surface area contributed by atoms with Crippen molar-refractivity contribution in [3.05, 3.63) is 60.7 Å². The Morgan fingerprint density at radius 1 is 0.667 bits per heavy atom. The zero-order valence-electron chi connectivity index (χ0n) is 10.6. The van der Waals surface area contributed by atoms with E-state index < -0.39 is 8.56 Å². The van der Waals surface area contributed by atoms with Crippen LogP contribution < -0.4 is 10.4 Å². The van der Waals surface area contributed by atoms with Crippen LogP contribution in [0.15, 0.2) is 60.7 Å². The molecule has 0 aliphatic rings. The van der Waals surface area contributed by atoms with Crippen molar-refractivity contribution in [2.75, 3.05) is 14.2 Å². The van der Waals surface area contributed by atoms with Crippen LogP contribution >= 0.6 is 0 Å². The van der Waals surface area contributed by atoms with Gasteiger partial charge < -0.3 is 8.85 Å². The molecule has 4 heteroatoms. The summed E-state index contributed by atoms with van der Waals surface area (Å²) in [7, 11) is 0.940. The average Bonchev–Trinajstić information content (AvgIpc) is 2.43. The maximum Gasteiger partial charge on any atom is 0.406 e. The van der Waals surface area contributed by atoms with Gasteiger partial charge in [-0.15, -0.1) is 0 Å². The zero-order valence-corrected chi connectivity index (χ0v) is 13.2. The second-order valence-corrected chi connectivity index (χ2v) is 6.96. The first-order chi connectivity index (χ1) is 8.33. The zero-order chi connectivity index (χ0) is 12.1. The smallest absolute Gasteiger partial charge is 0.391 e. The fourth-order valence-electron chi connectivity index (χ4n) is 2.04. The fourth-order valence-corrected chi connectivity index (χ4v) is 4.74. The molecule has 0 aromatic heterocycles. The second kappa shape index (κ2) is 7.02. The van der Waals surface area contributed by atoms with Crippen molar-refractivity contribution in [1.29, 1.82) is 0 Å². The summed E-state index contributed by atoms with van der Waals surface area (Å²) in [5.74, 6) is 0. The predicted octanol–water partition coefficient (Wildman–Crippen LogP) is 1.53. The van der Waals surface area contributed by atoms with E-state index in [0.717, 1.165) is 10.4 Å². The molecule has 0 N–H and O–H groups in total. The molecule has 0 heterocycles. The molecule has 0 fully saturated rings. The maximum absolute atomic E-state index is 5.78. The summed E-state index contributed by atoms with van der Waals surface area (Å²) in [5, 5.41) is 2.24. The molecule has 2 aromatic rings. The molecule has 0 atom stereocenters. The van der Waals surface area contributed by atoms with Gasteiger partial charge in [-0.25, -0.2) is 0 Å². The minimum atomic E-state index is -2.50. The van der Waals surface area contributed by atoms with Gasteiger partial charge in [0.15, 0.2) is 0 Å². The van der Waals surface area contributed by atoms with Crippen LogP contribution in [0, 0.1) is 0 Å². The van der Waals surface area contributed by atoms with Crippen LogP contribution in [0.2, 0.25) is 0 Å². The van der Waals surface area contributed by atoms with E-state index in [1.807, 2.05) is 36.4 Å². The standard InChI is InChI=1S/C14H16O2Si.Ti/c1-15-17(16-2,13-9-5-3-6-10-13)14-11-7-4-8-12-14;/h3-12H,1-2H3;. The Bertz CT molecular complexity index is 416. The topological polar surface area (TPSA) is 18.5 Å². The Morgan fingerprint density at radius 2 is 1.00 bits per heavy atom. The van der Waals surface area contributed by atoms with Gasteiger partial charge >= 0.3 is 8.56 Å². The summed E-state index contributed by atoms with van der Waals surface area (Å²) in [6.45, 7) is 0. The van der Waals surface area contributed by atoms with Crippen molar-refractivity contribution in [2.45, 2.75) is 0 Å². The van der Waals surface area contributed by atoms with E-state index in [9.17, 15) is 0 Å². The Labute approximate surface area is 124 Å². The van der Waals surface area contributed by atoms with Crippen LogP contribution in [0.1, 0.15) is 0 Å². The van der Waals surface area contributed by atoms with Crippen LogP contribution in [-0.4, -0.2) is 22.8 Å². The average molecular weight is 292 g/mol. The molecule has 2 nitrogen and oxygen atoms in total. The third-order valence-electron chi connectivity index (χ3n) is 2.88. The summed E-state index contributed by atoms with van der Waals surface area (Å²) in [6.07, 6.45) is 0. The van der Waals surface area contributed by atoms with Crippen molar-refractivity contribution < 1.29 is 30.6 Å². The van der Waals surface area contributed by atoms with Gasteiger partial charge in [0.1, 0.15) is 0 Å². The molecule has 0 bridgehead atoms. The minimum Gasteiger partial charge on any atom is -0.391 e. The maximum atomic E-state index is 5.78. The first-order valence-electron chi connectivity index (χ1n) is 5.55. The number of hydrogen-bond acceptors (Lipinski definition) is 2. The van der Waals surface area contributed by atoms with Crippen molar-refractivity contribution in [3.63, 3.8) is 0 Å². The molecule has 92 valence electrons. The molecule has 0 spiro atoms. The van der Waals surface area contributed by atoms with Gasteiger partial charge in [0, 0.05) is 35.9 Å². The van der Waals surface area contributed by atoms with E-state index in [1.54, 1.807) is 14.2 Å². The molecule has 2 aromatic carbocycles. The molecule has 0 radical (unpaired) electrons. The largest absolute Gasteiger partial charge is 0.406 e. The Hall–Kier alpha value is -0.709. The normalized spacial score (nSPS) is 10.8. The van der Waals surface area contributed by atoms with Gasteiger partial charge in [-0.2, -0.15) is 0 Å². The predicted molar refractivity (Wildman–Crippen MR) is 71.9 cm³/mol. The van der Waals surface area contributed by atoms with Gasteiger partial charge in [0.2, 0.25) is 0 Å². The summed E-state index contributed by atoms with van der Waals surface area (Å²) < 4.78 is 11.6. The first-order valence-corrected chi connectivity index (χ1v) is 7.36. The van der Waals surface area contributed by atoms with E-state index >= 15 is 0 Å². The summed E-state index contributed by atoms with van der Waals surface area (Å²) in [5.41, 5.74) is 0. The molecule has 0 aliphatic heterocycles. The van der Waals surface area contributed by atoms with Gasteiger partial charge in [-0.05, 0) is 10.4 Å². The molecule has 0 aliphatic carbocycles. The molecular weight excluding hydrogens is 276 g/mol. The van der Waals surface area contributed by atoms with Crippen LogP contribution in [0.25, 0.3) is 0 Å². The minimum absolute atomic E-state index is 0. The molecule has 0 saturated carbocycles. The summed E-state index contributed by atoms with van der Waals surface area (Å²) in [4.78, 5) is 0. The van der Waals surface area contributed by atoms with Gasteiger partial charge in [0.05, 0.1) is 0 Å². The van der Waals surface area contributed by atoms with Gasteiger partial charge in [0.25, 0.3) is 0 Å². The number of benzene rings is 2. The number of rotatable bonds is 4. The second-order valence-electron chi connectivity index (χ2n) is 3.76. The van der Waals surface area contributed by atoms with E-state index in [0.29, 0.717) is 0 Å². The van der Waals surface area contributed by atoms with E-state index in [2.05, 4.69) is 24.3 Å². The summed E-state index contributed by atoms with van der Waals surface area (Å²) in [6, 6.07) is 20.3. The summed E-state index contributed by atoms with van der Waals surface area (Å²) >= 11 is 0. The molecule has 2 rings (SSSR count).